The first-order valence-electron chi connectivity index (χ1n) is 7.04. The zero-order valence-electron chi connectivity index (χ0n) is 12.3. The van der Waals surface area contributed by atoms with Crippen molar-refractivity contribution in [2.24, 2.45) is 0 Å². The molecule has 0 saturated carbocycles. The topological polar surface area (TPSA) is 71.8 Å². The van der Waals surface area contributed by atoms with Gasteiger partial charge in [-0.15, -0.1) is 0 Å². The zero-order chi connectivity index (χ0) is 14.8. The number of hydrogen-bond acceptors (Lipinski definition) is 4. The van der Waals surface area contributed by atoms with E-state index in [9.17, 15) is 4.79 Å². The third-order valence-corrected chi connectivity index (χ3v) is 3.64. The van der Waals surface area contributed by atoms with Crippen LogP contribution >= 0.6 is 0 Å². The van der Waals surface area contributed by atoms with Gasteiger partial charge >= 0.3 is 6.03 Å². The molecule has 1 aliphatic heterocycles. The molecule has 2 amide bonds. The average Bonchev–Trinajstić information content (AvgIpc) is 2.87. The molecule has 0 radical (unpaired) electrons. The molecule has 1 N–H and O–H groups in total. The molecule has 21 heavy (non-hydrogen) atoms. The van der Waals surface area contributed by atoms with Crippen molar-refractivity contribution < 1.29 is 9.53 Å². The third kappa shape index (κ3) is 2.69. The molecule has 0 unspecified atom stereocenters. The quantitative estimate of drug-likeness (QED) is 0.847. The number of urea groups is 1. The normalized spacial score (nSPS) is 14.3. The molecule has 2 aromatic rings. The second-order valence-corrected chi connectivity index (χ2v) is 5.18. The maximum atomic E-state index is 12.1. The Morgan fingerprint density at radius 2 is 2.38 bits per heavy atom. The van der Waals surface area contributed by atoms with Gasteiger partial charge in [-0.1, -0.05) is 0 Å². The SMILES string of the molecule is COCCNC(=O)N1CCc2c(cnc3cc(C)nn23)C1. The van der Waals surface area contributed by atoms with E-state index in [4.69, 9.17) is 4.74 Å². The van der Waals surface area contributed by atoms with Gasteiger partial charge in [-0.05, 0) is 6.92 Å². The number of aromatic nitrogens is 3. The number of carbonyl (C=O) groups excluding carboxylic acids is 1. The van der Waals surface area contributed by atoms with Gasteiger partial charge in [0.2, 0.25) is 0 Å². The summed E-state index contributed by atoms with van der Waals surface area (Å²) < 4.78 is 6.83. The first-order chi connectivity index (χ1) is 10.2. The monoisotopic (exact) mass is 289 g/mol. The second-order valence-electron chi connectivity index (χ2n) is 5.18. The highest BCUT2D eigenvalue weighted by atomic mass is 16.5. The van der Waals surface area contributed by atoms with E-state index in [1.807, 2.05) is 23.7 Å². The Kier molecular flexibility index (Phi) is 3.74. The van der Waals surface area contributed by atoms with Gasteiger partial charge < -0.3 is 15.0 Å². The molecule has 2 aromatic heterocycles. The first-order valence-corrected chi connectivity index (χ1v) is 7.04. The van der Waals surface area contributed by atoms with Crippen LogP contribution in [0.5, 0.6) is 0 Å². The van der Waals surface area contributed by atoms with Gasteiger partial charge in [0, 0.05) is 44.4 Å². The summed E-state index contributed by atoms with van der Waals surface area (Å²) in [6, 6.07) is 1.90. The highest BCUT2D eigenvalue weighted by Crippen LogP contribution is 2.19. The lowest BCUT2D eigenvalue weighted by Crippen LogP contribution is -2.44. The summed E-state index contributed by atoms with van der Waals surface area (Å²) in [5, 5.41) is 7.32. The molecule has 0 saturated heterocycles. The lowest BCUT2D eigenvalue weighted by atomic mass is 10.1. The minimum Gasteiger partial charge on any atom is -0.383 e. The van der Waals surface area contributed by atoms with Crippen LogP contribution in [0.25, 0.3) is 5.65 Å². The van der Waals surface area contributed by atoms with E-state index in [2.05, 4.69) is 15.4 Å². The number of ether oxygens (including phenoxy) is 1. The smallest absolute Gasteiger partial charge is 0.317 e. The summed E-state index contributed by atoms with van der Waals surface area (Å²) in [6.07, 6.45) is 2.63. The first kappa shape index (κ1) is 13.8. The van der Waals surface area contributed by atoms with Gasteiger partial charge in [-0.2, -0.15) is 5.10 Å². The Balaban J connectivity index is 1.76. The number of aryl methyl sites for hydroxylation is 1. The van der Waals surface area contributed by atoms with Crippen LogP contribution in [-0.2, 0) is 17.7 Å². The van der Waals surface area contributed by atoms with E-state index in [0.717, 1.165) is 29.0 Å². The third-order valence-electron chi connectivity index (χ3n) is 3.64. The van der Waals surface area contributed by atoms with Crippen LogP contribution < -0.4 is 5.32 Å². The maximum Gasteiger partial charge on any atom is 0.317 e. The standard InChI is InChI=1S/C14H19N5O2/c1-10-7-13-16-8-11-9-18(14(20)15-4-6-21-2)5-3-12(11)19(13)17-10/h7-8H,3-6,9H2,1-2H3,(H,15,20). The summed E-state index contributed by atoms with van der Waals surface area (Å²) in [5.41, 5.74) is 4.02. The summed E-state index contributed by atoms with van der Waals surface area (Å²) in [4.78, 5) is 18.3. The van der Waals surface area contributed by atoms with Gasteiger partial charge in [0.1, 0.15) is 0 Å². The molecule has 3 heterocycles. The molecule has 0 fully saturated rings. The maximum absolute atomic E-state index is 12.1. The van der Waals surface area contributed by atoms with Crippen LogP contribution in [0.15, 0.2) is 12.3 Å². The van der Waals surface area contributed by atoms with Gasteiger partial charge in [-0.25, -0.2) is 14.3 Å². The molecule has 7 nitrogen and oxygen atoms in total. The number of nitrogens with zero attached hydrogens (tertiary/aromatic N) is 4. The average molecular weight is 289 g/mol. The zero-order valence-corrected chi connectivity index (χ0v) is 12.3. The van der Waals surface area contributed by atoms with Crippen molar-refractivity contribution in [3.05, 3.63) is 29.2 Å². The van der Waals surface area contributed by atoms with Crippen molar-refractivity contribution in [2.75, 3.05) is 26.8 Å². The minimum atomic E-state index is -0.0607. The Hall–Kier alpha value is -2.15. The number of rotatable bonds is 3. The lowest BCUT2D eigenvalue weighted by Gasteiger charge is -2.28. The predicted molar refractivity (Wildman–Crippen MR) is 77.1 cm³/mol. The number of hydrogen-bond donors (Lipinski definition) is 1. The Morgan fingerprint density at radius 1 is 1.52 bits per heavy atom. The number of nitrogens with one attached hydrogen (secondary N) is 1. The van der Waals surface area contributed by atoms with E-state index in [1.165, 1.54) is 0 Å². The van der Waals surface area contributed by atoms with E-state index >= 15 is 0 Å². The Bertz CT molecular complexity index is 667. The van der Waals surface area contributed by atoms with Crippen LogP contribution in [0, 0.1) is 6.92 Å². The molecular weight excluding hydrogens is 270 g/mol. The number of carbonyl (C=O) groups is 1. The summed E-state index contributed by atoms with van der Waals surface area (Å²) in [7, 11) is 1.62. The largest absolute Gasteiger partial charge is 0.383 e. The van der Waals surface area contributed by atoms with E-state index < -0.39 is 0 Å². The molecule has 1 aliphatic rings. The van der Waals surface area contributed by atoms with Crippen LogP contribution in [0.2, 0.25) is 0 Å². The fourth-order valence-corrected chi connectivity index (χ4v) is 2.60. The van der Waals surface area contributed by atoms with Gasteiger partial charge in [0.05, 0.1) is 24.5 Å². The van der Waals surface area contributed by atoms with Gasteiger partial charge in [-0.3, -0.25) is 0 Å². The summed E-state index contributed by atoms with van der Waals surface area (Å²) >= 11 is 0. The lowest BCUT2D eigenvalue weighted by molar-refractivity contribution is 0.175. The molecular formula is C14H19N5O2. The molecule has 0 spiro atoms. The summed E-state index contributed by atoms with van der Waals surface area (Å²) in [6.45, 7) is 4.25. The predicted octanol–water partition coefficient (Wildman–Crippen LogP) is 0.752. The number of fused-ring (bicyclic) bond motifs is 3. The molecule has 7 heteroatoms. The van der Waals surface area contributed by atoms with Crippen LogP contribution in [0.4, 0.5) is 4.79 Å². The van der Waals surface area contributed by atoms with Crippen LogP contribution in [-0.4, -0.2) is 52.3 Å². The fraction of sp³-hybridized carbons (Fsp3) is 0.500. The molecule has 0 atom stereocenters. The number of methoxy groups -OCH3 is 1. The van der Waals surface area contributed by atoms with Crippen molar-refractivity contribution in [2.45, 2.75) is 19.9 Å². The van der Waals surface area contributed by atoms with Crippen molar-refractivity contribution >= 4 is 11.7 Å². The Labute approximate surface area is 122 Å². The van der Waals surface area contributed by atoms with Gasteiger partial charge in [0.25, 0.3) is 0 Å². The molecule has 112 valence electrons. The highest BCUT2D eigenvalue weighted by molar-refractivity contribution is 5.74. The molecule has 3 rings (SSSR count). The fourth-order valence-electron chi connectivity index (χ4n) is 2.60. The van der Waals surface area contributed by atoms with Crippen LogP contribution in [0.3, 0.4) is 0 Å². The summed E-state index contributed by atoms with van der Waals surface area (Å²) in [5.74, 6) is 0. The number of amides is 2. The van der Waals surface area contributed by atoms with Crippen molar-refractivity contribution in [3.63, 3.8) is 0 Å². The molecule has 0 aliphatic carbocycles. The second kappa shape index (κ2) is 5.69. The van der Waals surface area contributed by atoms with Crippen LogP contribution in [0.1, 0.15) is 17.0 Å². The van der Waals surface area contributed by atoms with Gasteiger partial charge in [0.15, 0.2) is 5.65 Å². The van der Waals surface area contributed by atoms with E-state index in [1.54, 1.807) is 12.0 Å². The minimum absolute atomic E-state index is 0.0607. The Morgan fingerprint density at radius 3 is 3.19 bits per heavy atom. The van der Waals surface area contributed by atoms with Crippen molar-refractivity contribution in [1.29, 1.82) is 0 Å². The van der Waals surface area contributed by atoms with E-state index in [-0.39, 0.29) is 6.03 Å². The van der Waals surface area contributed by atoms with Crippen molar-refractivity contribution in [3.8, 4) is 0 Å². The van der Waals surface area contributed by atoms with Crippen molar-refractivity contribution in [1.82, 2.24) is 24.8 Å². The highest BCUT2D eigenvalue weighted by Gasteiger charge is 2.23. The molecule has 0 bridgehead atoms. The van der Waals surface area contributed by atoms with E-state index in [0.29, 0.717) is 26.2 Å². The molecule has 0 aromatic carbocycles.